The molecule has 2 amide bonds. The van der Waals surface area contributed by atoms with Gasteiger partial charge in [-0.1, -0.05) is 36.0 Å². The number of nitro benzene ring substituents is 1. The van der Waals surface area contributed by atoms with Gasteiger partial charge in [-0.05, 0) is 36.4 Å². The van der Waals surface area contributed by atoms with Crippen molar-refractivity contribution < 1.29 is 19.2 Å². The average Bonchev–Trinajstić information content (AvgIpc) is 3.14. The van der Waals surface area contributed by atoms with Crippen molar-refractivity contribution in [3.05, 3.63) is 88.7 Å². The number of hydrogen-bond acceptors (Lipinski definition) is 8. The SMILES string of the molecule is COc1ccc(NC(=O)CC2SC(=Nc3ccccc3)N(Cc3ccccn3)C2=O)c([N+](=O)[O-])c1. The normalized spacial score (nSPS) is 16.4. The van der Waals surface area contributed by atoms with Crippen LogP contribution < -0.4 is 10.1 Å². The van der Waals surface area contributed by atoms with Crippen LogP contribution in [0.1, 0.15) is 12.1 Å². The third-order valence-electron chi connectivity index (χ3n) is 5.09. The molecule has 1 aromatic heterocycles. The van der Waals surface area contributed by atoms with Crippen LogP contribution in [0, 0.1) is 10.1 Å². The second kappa shape index (κ2) is 10.8. The van der Waals surface area contributed by atoms with Gasteiger partial charge in [0.25, 0.3) is 5.69 Å². The minimum atomic E-state index is -0.738. The highest BCUT2D eigenvalue weighted by atomic mass is 32.2. The summed E-state index contributed by atoms with van der Waals surface area (Å²) in [5, 5.41) is 13.7. The Labute approximate surface area is 205 Å². The molecule has 10 nitrogen and oxygen atoms in total. The van der Waals surface area contributed by atoms with Crippen LogP contribution in [0.5, 0.6) is 5.75 Å². The summed E-state index contributed by atoms with van der Waals surface area (Å²) in [5.41, 5.74) is 1.08. The molecule has 1 atom stereocenters. The lowest BCUT2D eigenvalue weighted by Gasteiger charge is -2.16. The van der Waals surface area contributed by atoms with Crippen molar-refractivity contribution >= 4 is 45.8 Å². The van der Waals surface area contributed by atoms with E-state index in [1.165, 1.54) is 42.0 Å². The molecule has 0 saturated carbocycles. The maximum absolute atomic E-state index is 13.2. The van der Waals surface area contributed by atoms with Crippen LogP contribution >= 0.6 is 11.8 Å². The number of rotatable bonds is 8. The molecule has 0 radical (unpaired) electrons. The van der Waals surface area contributed by atoms with Crippen LogP contribution in [0.2, 0.25) is 0 Å². The number of amidine groups is 1. The maximum Gasteiger partial charge on any atom is 0.296 e. The number of anilines is 1. The summed E-state index contributed by atoms with van der Waals surface area (Å²) in [5.74, 6) is -0.513. The van der Waals surface area contributed by atoms with E-state index in [2.05, 4.69) is 15.3 Å². The highest BCUT2D eigenvalue weighted by Crippen LogP contribution is 2.34. The first-order valence-electron chi connectivity index (χ1n) is 10.6. The summed E-state index contributed by atoms with van der Waals surface area (Å²) in [4.78, 5) is 47.2. The van der Waals surface area contributed by atoms with E-state index < -0.39 is 16.1 Å². The molecule has 2 heterocycles. The number of ether oxygens (including phenoxy) is 1. The first kappa shape index (κ1) is 23.9. The molecule has 2 aromatic carbocycles. The molecule has 3 aromatic rings. The van der Waals surface area contributed by atoms with Gasteiger partial charge in [-0.25, -0.2) is 4.99 Å². The van der Waals surface area contributed by atoms with Crippen molar-refractivity contribution in [3.8, 4) is 5.75 Å². The molecular formula is C24H21N5O5S. The highest BCUT2D eigenvalue weighted by Gasteiger charge is 2.39. The predicted molar refractivity (Wildman–Crippen MR) is 133 cm³/mol. The minimum absolute atomic E-state index is 0.0276. The number of hydrogen-bond donors (Lipinski definition) is 1. The average molecular weight is 492 g/mol. The highest BCUT2D eigenvalue weighted by molar-refractivity contribution is 8.15. The molecule has 0 bridgehead atoms. The second-order valence-electron chi connectivity index (χ2n) is 7.47. The van der Waals surface area contributed by atoms with Crippen LogP contribution in [-0.2, 0) is 16.1 Å². The minimum Gasteiger partial charge on any atom is -0.496 e. The third kappa shape index (κ3) is 5.82. The van der Waals surface area contributed by atoms with Crippen LogP contribution in [0.3, 0.4) is 0 Å². The number of amides is 2. The largest absolute Gasteiger partial charge is 0.496 e. The van der Waals surface area contributed by atoms with Crippen molar-refractivity contribution in [2.24, 2.45) is 4.99 Å². The molecule has 11 heteroatoms. The number of para-hydroxylation sites is 1. The molecule has 0 spiro atoms. The lowest BCUT2D eigenvalue weighted by molar-refractivity contribution is -0.384. The van der Waals surface area contributed by atoms with Gasteiger partial charge in [-0.15, -0.1) is 0 Å². The fourth-order valence-corrected chi connectivity index (χ4v) is 4.56. The first-order chi connectivity index (χ1) is 16.9. The molecular weight excluding hydrogens is 470 g/mol. The lowest BCUT2D eigenvalue weighted by atomic mass is 10.2. The van der Waals surface area contributed by atoms with Gasteiger partial charge in [-0.2, -0.15) is 0 Å². The molecule has 1 unspecified atom stereocenters. The number of aromatic nitrogens is 1. The van der Waals surface area contributed by atoms with E-state index in [1.807, 2.05) is 36.4 Å². The van der Waals surface area contributed by atoms with Gasteiger partial charge < -0.3 is 10.1 Å². The smallest absolute Gasteiger partial charge is 0.296 e. The number of nitro groups is 1. The molecule has 1 N–H and O–H groups in total. The van der Waals surface area contributed by atoms with Crippen LogP contribution in [0.15, 0.2) is 77.9 Å². The molecule has 0 aliphatic carbocycles. The maximum atomic E-state index is 13.2. The molecule has 1 saturated heterocycles. The number of carbonyl (C=O) groups is 2. The van der Waals surface area contributed by atoms with Gasteiger partial charge in [0.15, 0.2) is 5.17 Å². The van der Waals surface area contributed by atoms with Crippen molar-refractivity contribution in [1.29, 1.82) is 0 Å². The number of aliphatic imine (C=N–C) groups is 1. The van der Waals surface area contributed by atoms with Gasteiger partial charge in [0.2, 0.25) is 11.8 Å². The Kier molecular flexibility index (Phi) is 7.36. The number of carbonyl (C=O) groups excluding carboxylic acids is 2. The topological polar surface area (TPSA) is 127 Å². The zero-order valence-electron chi connectivity index (χ0n) is 18.7. The molecule has 1 aliphatic rings. The van der Waals surface area contributed by atoms with E-state index >= 15 is 0 Å². The number of benzene rings is 2. The Morgan fingerprint density at radius 1 is 1.20 bits per heavy atom. The van der Waals surface area contributed by atoms with Gasteiger partial charge in [0, 0.05) is 12.6 Å². The quantitative estimate of drug-likeness (QED) is 0.370. The number of nitrogens with zero attached hydrogens (tertiary/aromatic N) is 4. The molecule has 1 fully saturated rings. The Balaban J connectivity index is 1.54. The third-order valence-corrected chi connectivity index (χ3v) is 6.27. The van der Waals surface area contributed by atoms with Crippen LogP contribution in [-0.4, -0.2) is 44.1 Å². The summed E-state index contributed by atoms with van der Waals surface area (Å²) in [6.45, 7) is 0.209. The lowest BCUT2D eigenvalue weighted by Crippen LogP contribution is -2.33. The van der Waals surface area contributed by atoms with Crippen molar-refractivity contribution in [3.63, 3.8) is 0 Å². The van der Waals surface area contributed by atoms with E-state index in [-0.39, 0.29) is 30.2 Å². The molecule has 178 valence electrons. The summed E-state index contributed by atoms with van der Waals surface area (Å²) >= 11 is 1.18. The van der Waals surface area contributed by atoms with Gasteiger partial charge in [-0.3, -0.25) is 29.6 Å². The predicted octanol–water partition coefficient (Wildman–Crippen LogP) is 4.16. The summed E-state index contributed by atoms with van der Waals surface area (Å²) in [6.07, 6.45) is 1.46. The number of pyridine rings is 1. The van der Waals surface area contributed by atoms with Crippen molar-refractivity contribution in [2.45, 2.75) is 18.2 Å². The van der Waals surface area contributed by atoms with Gasteiger partial charge in [0.1, 0.15) is 16.7 Å². The zero-order valence-corrected chi connectivity index (χ0v) is 19.5. The van der Waals surface area contributed by atoms with Gasteiger partial charge in [0.05, 0.1) is 36.0 Å². The second-order valence-corrected chi connectivity index (χ2v) is 8.64. The first-order valence-corrected chi connectivity index (χ1v) is 11.5. The van der Waals surface area contributed by atoms with Crippen LogP contribution in [0.25, 0.3) is 0 Å². The fourth-order valence-electron chi connectivity index (χ4n) is 3.40. The Bertz CT molecular complexity index is 1270. The molecule has 1 aliphatic heterocycles. The van der Waals surface area contributed by atoms with E-state index in [4.69, 9.17) is 4.74 Å². The van der Waals surface area contributed by atoms with E-state index in [0.29, 0.717) is 22.3 Å². The summed E-state index contributed by atoms with van der Waals surface area (Å²) in [6, 6.07) is 18.8. The Hall–Kier alpha value is -4.25. The van der Waals surface area contributed by atoms with Crippen LogP contribution in [0.4, 0.5) is 17.1 Å². The van der Waals surface area contributed by atoms with Crippen molar-refractivity contribution in [1.82, 2.24) is 9.88 Å². The monoisotopic (exact) mass is 491 g/mol. The summed E-state index contributed by atoms with van der Waals surface area (Å²) in [7, 11) is 1.39. The van der Waals surface area contributed by atoms with Crippen molar-refractivity contribution in [2.75, 3.05) is 12.4 Å². The fraction of sp³-hybridized carbons (Fsp3) is 0.167. The molecule has 35 heavy (non-hydrogen) atoms. The molecule has 4 rings (SSSR count). The van der Waals surface area contributed by atoms with Gasteiger partial charge >= 0.3 is 0 Å². The van der Waals surface area contributed by atoms with E-state index in [0.717, 1.165) is 0 Å². The van der Waals surface area contributed by atoms with E-state index in [1.54, 1.807) is 18.3 Å². The Morgan fingerprint density at radius 2 is 1.97 bits per heavy atom. The number of thioether (sulfide) groups is 1. The number of methoxy groups -OCH3 is 1. The van der Waals surface area contributed by atoms with E-state index in [9.17, 15) is 19.7 Å². The summed E-state index contributed by atoms with van der Waals surface area (Å²) < 4.78 is 5.02. The zero-order chi connectivity index (χ0) is 24.8. The Morgan fingerprint density at radius 3 is 2.66 bits per heavy atom. The number of nitrogens with one attached hydrogen (secondary N) is 1. The standard InChI is InChI=1S/C24H21N5O5S/c1-34-18-10-11-19(20(13-18)29(32)33)27-22(30)14-21-23(31)28(15-17-9-5-6-12-25-17)24(35-21)26-16-7-3-2-4-8-16/h2-13,21H,14-15H2,1H3,(H,27,30).